The number of benzene rings is 3. The number of rotatable bonds is 14. The maximum absolute atomic E-state index is 17.2. The Kier molecular flexibility index (Phi) is 13.3. The summed E-state index contributed by atoms with van der Waals surface area (Å²) in [4.78, 5) is 88.3. The summed E-state index contributed by atoms with van der Waals surface area (Å²) in [7, 11) is 0. The molecule has 7 aliphatic rings. The number of unbranched alkanes of at least 4 members (excludes halogenated alkanes) is 1. The molecule has 6 saturated heterocycles. The zero-order valence-corrected chi connectivity index (χ0v) is 42.6. The van der Waals surface area contributed by atoms with Crippen LogP contribution in [0.3, 0.4) is 0 Å². The van der Waals surface area contributed by atoms with Crippen LogP contribution in [0, 0.1) is 24.0 Å². The molecule has 77 heavy (non-hydrogen) atoms. The Bertz CT molecular complexity index is 3310. The first-order valence-electron chi connectivity index (χ1n) is 26.7. The van der Waals surface area contributed by atoms with Gasteiger partial charge in [0.15, 0.2) is 5.82 Å². The highest BCUT2D eigenvalue weighted by Crippen LogP contribution is 2.45. The second-order valence-corrected chi connectivity index (χ2v) is 21.5. The zero-order chi connectivity index (χ0) is 53.1. The zero-order valence-electron chi connectivity index (χ0n) is 42.6. The smallest absolute Gasteiger partial charge is 0.409 e. The molecule has 18 nitrogen and oxygen atoms in total. The van der Waals surface area contributed by atoms with Crippen molar-refractivity contribution < 1.29 is 42.2 Å². The molecule has 2 bridgehead atoms. The van der Waals surface area contributed by atoms with E-state index in [0.717, 1.165) is 55.5 Å². The predicted molar refractivity (Wildman–Crippen MR) is 282 cm³/mol. The number of anilines is 2. The van der Waals surface area contributed by atoms with Gasteiger partial charge in [0.25, 0.3) is 11.8 Å². The number of fused-ring (bicyclic) bond motifs is 6. The maximum Gasteiger partial charge on any atom is 0.409 e. The Morgan fingerprint density at radius 2 is 1.73 bits per heavy atom. The van der Waals surface area contributed by atoms with Gasteiger partial charge in [0.1, 0.15) is 42.1 Å². The van der Waals surface area contributed by atoms with Crippen molar-refractivity contribution in [2.45, 2.75) is 87.5 Å². The molecule has 0 spiro atoms. The molecule has 20 heteroatoms. The van der Waals surface area contributed by atoms with Crippen LogP contribution in [0.1, 0.15) is 84.1 Å². The lowest BCUT2D eigenvalue weighted by Crippen LogP contribution is -2.54. The fourth-order valence-corrected chi connectivity index (χ4v) is 12.9. The molecule has 0 saturated carbocycles. The fourth-order valence-electron chi connectivity index (χ4n) is 12.9. The molecule has 6 fully saturated rings. The van der Waals surface area contributed by atoms with Gasteiger partial charge in [0, 0.05) is 99.7 Å². The lowest BCUT2D eigenvalue weighted by molar-refractivity contribution is -0.136. The van der Waals surface area contributed by atoms with E-state index in [4.69, 9.17) is 25.9 Å². The second kappa shape index (κ2) is 20.4. The minimum atomic E-state index is -1.03. The number of piperazine rings is 2. The number of halogens is 2. The quantitative estimate of drug-likeness (QED) is 0.0536. The van der Waals surface area contributed by atoms with Crippen LogP contribution in [0.2, 0.25) is 0 Å². The standard InChI is InChI=1S/C57H59F2N11O7/c1-3-38-42(58)15-12-34-8-6-9-39(46(34)38)49-48(59)50-41(27-61-49)51(68-29-35-13-14-36(30-68)62-35)65-55(64-50)77-32-57-19-18-37(69(57)28-33(2)26-57)31-76-56(75)67-24-22-66(23-25-67)21-5-4-20-60-43-11-7-10-40-47(43)54(74)70(53(40)73)44-16-17-45(71)63-52(44)72/h1,6-12,15,27,35-37,44,60,62H,2,4-5,13-14,16-26,28-32H2,(H,63,71,72)/t35?,36?,37-,44?,57-/m0/s1. The van der Waals surface area contributed by atoms with E-state index < -0.39 is 46.8 Å². The van der Waals surface area contributed by atoms with Gasteiger partial charge in [-0.05, 0) is 81.5 Å². The number of piperidine rings is 1. The van der Waals surface area contributed by atoms with Crippen LogP contribution in [0.25, 0.3) is 32.9 Å². The van der Waals surface area contributed by atoms with Crippen molar-refractivity contribution in [1.82, 2.24) is 45.2 Å². The number of imide groups is 2. The van der Waals surface area contributed by atoms with Gasteiger partial charge < -0.3 is 29.9 Å². The van der Waals surface area contributed by atoms with Crippen molar-refractivity contribution in [3.8, 4) is 29.6 Å². The Morgan fingerprint density at radius 1 is 0.935 bits per heavy atom. The molecule has 9 heterocycles. The number of carbonyl (C=O) groups is 5. The molecule has 0 radical (unpaired) electrons. The summed E-state index contributed by atoms with van der Waals surface area (Å²) in [5, 5.41) is 10.7. The molecule has 5 amide bonds. The van der Waals surface area contributed by atoms with Gasteiger partial charge in [0.2, 0.25) is 11.8 Å². The van der Waals surface area contributed by atoms with E-state index in [2.05, 4.69) is 48.1 Å². The number of nitrogens with zero attached hydrogens (tertiary/aromatic N) is 8. The minimum Gasteiger partial charge on any atom is -0.461 e. The van der Waals surface area contributed by atoms with Gasteiger partial charge in [-0.3, -0.25) is 44.2 Å². The normalized spacial score (nSPS) is 24.4. The molecule has 0 aliphatic carbocycles. The summed E-state index contributed by atoms with van der Waals surface area (Å²) < 4.78 is 44.9. The van der Waals surface area contributed by atoms with Crippen molar-refractivity contribution in [3.63, 3.8) is 0 Å². The SMILES string of the molecule is C#Cc1c(F)ccc2cccc(-c3ncc4c(N5CC6CCC(C5)N6)nc(OC[C@@]56CC[C@@H](COC(=O)N7CCN(CCCCNc8cccc9c8C(=O)N(C8CCC(=O)NC8=O)C9=O)CC7)N5CC(=C)C6)nc4c3F)c12. The van der Waals surface area contributed by atoms with E-state index in [1.54, 1.807) is 53.6 Å². The van der Waals surface area contributed by atoms with Crippen LogP contribution in [0.15, 0.2) is 66.9 Å². The molecular weight excluding hydrogens is 989 g/mol. The number of hydrogen-bond donors (Lipinski definition) is 3. The number of terminal acetylenes is 1. The van der Waals surface area contributed by atoms with Gasteiger partial charge in [0.05, 0.1) is 27.6 Å². The van der Waals surface area contributed by atoms with Crippen LogP contribution >= 0.6 is 0 Å². The first-order valence-corrected chi connectivity index (χ1v) is 26.7. The van der Waals surface area contributed by atoms with Crippen molar-refractivity contribution >= 4 is 62.9 Å². The van der Waals surface area contributed by atoms with E-state index in [-0.39, 0.29) is 84.2 Å². The first-order chi connectivity index (χ1) is 37.4. The molecule has 12 rings (SSSR count). The summed E-state index contributed by atoms with van der Waals surface area (Å²) in [6.07, 6.45) is 13.1. The third-order valence-electron chi connectivity index (χ3n) is 16.7. The van der Waals surface area contributed by atoms with Crippen LogP contribution in [-0.4, -0.2) is 166 Å². The summed E-state index contributed by atoms with van der Waals surface area (Å²) in [5.74, 6) is -0.418. The Morgan fingerprint density at radius 3 is 2.52 bits per heavy atom. The van der Waals surface area contributed by atoms with Crippen molar-refractivity contribution in [1.29, 1.82) is 0 Å². The van der Waals surface area contributed by atoms with Crippen LogP contribution in [0.4, 0.5) is 25.1 Å². The number of hydrogen-bond acceptors (Lipinski definition) is 15. The fraction of sp³-hybridized carbons (Fsp3) is 0.439. The summed E-state index contributed by atoms with van der Waals surface area (Å²) in [6.45, 7) is 10.6. The van der Waals surface area contributed by atoms with Gasteiger partial charge in [-0.1, -0.05) is 48.4 Å². The third kappa shape index (κ3) is 9.27. The van der Waals surface area contributed by atoms with Crippen molar-refractivity contribution in [2.24, 2.45) is 0 Å². The van der Waals surface area contributed by atoms with Crippen molar-refractivity contribution in [3.05, 3.63) is 95.2 Å². The monoisotopic (exact) mass is 1050 g/mol. The summed E-state index contributed by atoms with van der Waals surface area (Å²) >= 11 is 0. The molecule has 398 valence electrons. The molecular formula is C57H59F2N11O7. The number of nitrogens with one attached hydrogen (secondary N) is 3. The van der Waals surface area contributed by atoms with Crippen LogP contribution < -0.4 is 25.6 Å². The second-order valence-electron chi connectivity index (χ2n) is 21.5. The molecule has 7 aliphatic heterocycles. The number of carbonyl (C=O) groups excluding carboxylic acids is 5. The van der Waals surface area contributed by atoms with Crippen molar-refractivity contribution in [2.75, 3.05) is 82.3 Å². The van der Waals surface area contributed by atoms with Crippen LogP contribution in [-0.2, 0) is 14.3 Å². The summed E-state index contributed by atoms with van der Waals surface area (Å²) in [6, 6.07) is 12.7. The maximum atomic E-state index is 17.2. The predicted octanol–water partition coefficient (Wildman–Crippen LogP) is 5.63. The average Bonchev–Trinajstić information content (AvgIpc) is 4.26. The van der Waals surface area contributed by atoms with Crippen LogP contribution in [0.5, 0.6) is 6.01 Å². The van der Waals surface area contributed by atoms with Gasteiger partial charge in [-0.25, -0.2) is 13.6 Å². The van der Waals surface area contributed by atoms with E-state index in [1.807, 2.05) is 0 Å². The number of amides is 5. The van der Waals surface area contributed by atoms with Gasteiger partial charge in [-0.2, -0.15) is 9.97 Å². The third-order valence-corrected chi connectivity index (χ3v) is 16.7. The Hall–Kier alpha value is -7.60. The topological polar surface area (TPSA) is 195 Å². The van der Waals surface area contributed by atoms with Gasteiger partial charge >= 0.3 is 12.1 Å². The first kappa shape index (κ1) is 50.2. The molecule has 3 aromatic carbocycles. The Balaban J connectivity index is 0.657. The highest BCUT2D eigenvalue weighted by molar-refractivity contribution is 6.25. The summed E-state index contributed by atoms with van der Waals surface area (Å²) in [5.41, 5.74) is 2.01. The average molecular weight is 1050 g/mol. The van der Waals surface area contributed by atoms with Gasteiger partial charge in [-0.15, -0.1) is 6.42 Å². The lowest BCUT2D eigenvalue weighted by atomic mass is 9.94. The van der Waals surface area contributed by atoms with E-state index >= 15 is 8.78 Å². The largest absolute Gasteiger partial charge is 0.461 e. The molecule has 5 aromatic rings. The van der Waals surface area contributed by atoms with E-state index in [1.165, 1.54) is 6.07 Å². The van der Waals surface area contributed by atoms with E-state index in [0.29, 0.717) is 92.0 Å². The molecule has 3 unspecified atom stereocenters. The highest BCUT2D eigenvalue weighted by atomic mass is 19.1. The molecule has 2 aromatic heterocycles. The number of ether oxygens (including phenoxy) is 2. The molecule has 5 atom stereocenters. The number of aromatic nitrogens is 3. The minimum absolute atomic E-state index is 0.00713. The highest BCUT2D eigenvalue weighted by Gasteiger charge is 2.52. The molecule has 3 N–H and O–H groups in total. The number of pyridine rings is 1. The van der Waals surface area contributed by atoms with E-state index in [9.17, 15) is 24.0 Å². The lowest BCUT2D eigenvalue weighted by Gasteiger charge is -2.36. The Labute approximate surface area is 443 Å².